The summed E-state index contributed by atoms with van der Waals surface area (Å²) < 4.78 is 27.6. The van der Waals surface area contributed by atoms with Crippen LogP contribution in [0.1, 0.15) is 54.6 Å². The number of sulfonamides is 1. The van der Waals surface area contributed by atoms with Crippen LogP contribution in [0.5, 0.6) is 0 Å². The van der Waals surface area contributed by atoms with E-state index in [1.165, 1.54) is 11.0 Å². The van der Waals surface area contributed by atoms with Gasteiger partial charge >= 0.3 is 0 Å². The number of benzene rings is 2. The molecule has 1 saturated carbocycles. The van der Waals surface area contributed by atoms with Crippen LogP contribution in [0.2, 0.25) is 0 Å². The van der Waals surface area contributed by atoms with Crippen LogP contribution in [0.15, 0.2) is 46.2 Å². The fourth-order valence-corrected chi connectivity index (χ4v) is 5.21. The van der Waals surface area contributed by atoms with E-state index in [4.69, 9.17) is 0 Å². The van der Waals surface area contributed by atoms with Crippen molar-refractivity contribution in [2.75, 3.05) is 5.32 Å². The third kappa shape index (κ3) is 5.62. The molecule has 0 heterocycles. The van der Waals surface area contributed by atoms with Crippen LogP contribution < -0.4 is 10.0 Å². The predicted octanol–water partition coefficient (Wildman–Crippen LogP) is 4.89. The molecule has 0 bridgehead atoms. The smallest absolute Gasteiger partial charge is 0.255 e. The summed E-state index contributed by atoms with van der Waals surface area (Å²) in [6.45, 7) is 8.12. The second-order valence-electron chi connectivity index (χ2n) is 7.64. The summed E-state index contributed by atoms with van der Waals surface area (Å²) in [5.41, 5.74) is 2.80. The van der Waals surface area contributed by atoms with Crippen LogP contribution in [0.25, 0.3) is 0 Å². The van der Waals surface area contributed by atoms with Gasteiger partial charge in [-0.05, 0) is 74.6 Å². The Balaban J connectivity index is 1.79. The maximum absolute atomic E-state index is 12.9. The van der Waals surface area contributed by atoms with Crippen LogP contribution in [-0.2, 0) is 10.0 Å². The van der Waals surface area contributed by atoms with E-state index in [-0.39, 0.29) is 16.8 Å². The molecule has 2 aromatic rings. The quantitative estimate of drug-likeness (QED) is 0.583. The lowest BCUT2D eigenvalue weighted by Crippen LogP contribution is -2.26. The van der Waals surface area contributed by atoms with Gasteiger partial charge in [-0.25, -0.2) is 13.1 Å². The first-order chi connectivity index (χ1) is 13.7. The summed E-state index contributed by atoms with van der Waals surface area (Å²) in [6, 6.07) is 10.7. The highest BCUT2D eigenvalue weighted by molar-refractivity contribution is 7.99. The van der Waals surface area contributed by atoms with Crippen LogP contribution in [0.3, 0.4) is 0 Å². The van der Waals surface area contributed by atoms with Gasteiger partial charge in [0, 0.05) is 27.4 Å². The minimum atomic E-state index is -3.60. The number of carbonyl (C=O) groups excluding carboxylic acids is 1. The van der Waals surface area contributed by atoms with Gasteiger partial charge in [0.25, 0.3) is 5.91 Å². The highest BCUT2D eigenvalue weighted by Gasteiger charge is 2.28. The van der Waals surface area contributed by atoms with Crippen molar-refractivity contribution in [1.29, 1.82) is 0 Å². The Bertz CT molecular complexity index is 1010. The lowest BCUT2D eigenvalue weighted by Gasteiger charge is -2.14. The van der Waals surface area contributed by atoms with Crippen molar-refractivity contribution in [3.8, 4) is 0 Å². The molecular weight excluding hydrogens is 404 g/mol. The van der Waals surface area contributed by atoms with Gasteiger partial charge in [-0.3, -0.25) is 4.79 Å². The topological polar surface area (TPSA) is 75.3 Å². The largest absolute Gasteiger partial charge is 0.322 e. The zero-order valence-electron chi connectivity index (χ0n) is 17.3. The molecule has 1 amide bonds. The summed E-state index contributed by atoms with van der Waals surface area (Å²) in [7, 11) is -3.60. The Morgan fingerprint density at radius 1 is 1.14 bits per heavy atom. The standard InChI is InChI=1S/C22H28N2O3S2/c1-5-16(4)28-18-9-11-21(15(3)12-18)23-22(25)20-13-19(10-6-14(20)2)29(26,27)24-17-7-8-17/h6,9-13,16-17,24H,5,7-8H2,1-4H3,(H,23,25). The van der Waals surface area contributed by atoms with Gasteiger partial charge in [0.1, 0.15) is 0 Å². The predicted molar refractivity (Wildman–Crippen MR) is 119 cm³/mol. The van der Waals surface area contributed by atoms with E-state index in [0.29, 0.717) is 10.8 Å². The van der Waals surface area contributed by atoms with Crippen molar-refractivity contribution in [3.63, 3.8) is 0 Å². The first kappa shape index (κ1) is 21.9. The summed E-state index contributed by atoms with van der Waals surface area (Å²) in [4.78, 5) is 14.2. The van der Waals surface area contributed by atoms with E-state index in [9.17, 15) is 13.2 Å². The Kier molecular flexibility index (Phi) is 6.71. The lowest BCUT2D eigenvalue weighted by molar-refractivity contribution is 0.102. The lowest BCUT2D eigenvalue weighted by atomic mass is 10.1. The van der Waals surface area contributed by atoms with Gasteiger partial charge in [-0.1, -0.05) is 19.9 Å². The van der Waals surface area contributed by atoms with Gasteiger partial charge in [-0.15, -0.1) is 11.8 Å². The van der Waals surface area contributed by atoms with Crippen molar-refractivity contribution in [2.45, 2.75) is 68.0 Å². The van der Waals surface area contributed by atoms with E-state index in [2.05, 4.69) is 30.0 Å². The van der Waals surface area contributed by atoms with E-state index in [1.807, 2.05) is 30.8 Å². The molecule has 2 aromatic carbocycles. The summed E-state index contributed by atoms with van der Waals surface area (Å²) in [6.07, 6.45) is 2.82. The third-order valence-electron chi connectivity index (χ3n) is 5.02. The zero-order chi connectivity index (χ0) is 21.2. The molecule has 2 N–H and O–H groups in total. The number of thioether (sulfide) groups is 1. The van der Waals surface area contributed by atoms with Gasteiger partial charge in [0.05, 0.1) is 4.90 Å². The average molecular weight is 433 g/mol. The number of carbonyl (C=O) groups is 1. The van der Waals surface area contributed by atoms with E-state index in [1.54, 1.807) is 19.1 Å². The molecule has 1 aliphatic carbocycles. The molecule has 0 spiro atoms. The highest BCUT2D eigenvalue weighted by Crippen LogP contribution is 2.29. The van der Waals surface area contributed by atoms with Crippen molar-refractivity contribution in [3.05, 3.63) is 53.1 Å². The highest BCUT2D eigenvalue weighted by atomic mass is 32.2. The molecule has 0 saturated heterocycles. The van der Waals surface area contributed by atoms with Crippen LogP contribution in [0, 0.1) is 13.8 Å². The molecule has 3 rings (SSSR count). The Morgan fingerprint density at radius 3 is 2.48 bits per heavy atom. The molecule has 5 nitrogen and oxygen atoms in total. The van der Waals surface area contributed by atoms with Crippen LogP contribution in [0.4, 0.5) is 5.69 Å². The number of nitrogens with one attached hydrogen (secondary N) is 2. The van der Waals surface area contributed by atoms with Crippen LogP contribution in [-0.4, -0.2) is 25.6 Å². The maximum Gasteiger partial charge on any atom is 0.255 e. The normalized spacial score (nSPS) is 15.2. The molecule has 156 valence electrons. The molecular formula is C22H28N2O3S2. The number of aryl methyl sites for hydroxylation is 2. The molecule has 1 fully saturated rings. The molecule has 7 heteroatoms. The van der Waals surface area contributed by atoms with Crippen molar-refractivity contribution in [1.82, 2.24) is 4.72 Å². The second-order valence-corrected chi connectivity index (χ2v) is 10.9. The number of rotatable bonds is 8. The fourth-order valence-electron chi connectivity index (χ4n) is 2.86. The molecule has 0 radical (unpaired) electrons. The molecule has 1 aliphatic rings. The molecule has 1 unspecified atom stereocenters. The Labute approximate surface area is 177 Å². The first-order valence-corrected chi connectivity index (χ1v) is 12.3. The van der Waals surface area contributed by atoms with Gasteiger partial charge in [-0.2, -0.15) is 0 Å². The summed E-state index contributed by atoms with van der Waals surface area (Å²) >= 11 is 1.81. The van der Waals surface area contributed by atoms with Crippen molar-refractivity contribution >= 4 is 33.4 Å². The van der Waals surface area contributed by atoms with E-state index < -0.39 is 10.0 Å². The number of hydrogen-bond acceptors (Lipinski definition) is 4. The molecule has 1 atom stereocenters. The van der Waals surface area contributed by atoms with E-state index in [0.717, 1.165) is 36.1 Å². The second kappa shape index (κ2) is 8.90. The van der Waals surface area contributed by atoms with Crippen LogP contribution >= 0.6 is 11.8 Å². The Morgan fingerprint density at radius 2 is 1.86 bits per heavy atom. The van der Waals surface area contributed by atoms with Crippen molar-refractivity contribution in [2.24, 2.45) is 0 Å². The van der Waals surface area contributed by atoms with Crippen molar-refractivity contribution < 1.29 is 13.2 Å². The van der Waals surface area contributed by atoms with Gasteiger partial charge < -0.3 is 5.32 Å². The fraction of sp³-hybridized carbons (Fsp3) is 0.409. The Hall–Kier alpha value is -1.83. The third-order valence-corrected chi connectivity index (χ3v) is 7.80. The number of amides is 1. The van der Waals surface area contributed by atoms with Gasteiger partial charge in [0.2, 0.25) is 10.0 Å². The monoisotopic (exact) mass is 432 g/mol. The molecule has 29 heavy (non-hydrogen) atoms. The minimum Gasteiger partial charge on any atom is -0.322 e. The zero-order valence-corrected chi connectivity index (χ0v) is 18.9. The first-order valence-electron chi connectivity index (χ1n) is 9.91. The average Bonchev–Trinajstić information content (AvgIpc) is 3.47. The van der Waals surface area contributed by atoms with Gasteiger partial charge in [0.15, 0.2) is 0 Å². The SMILES string of the molecule is CCC(C)Sc1ccc(NC(=O)c2cc(S(=O)(=O)NC3CC3)ccc2C)c(C)c1. The number of hydrogen-bond donors (Lipinski definition) is 2. The minimum absolute atomic E-state index is 0.0213. The van der Waals surface area contributed by atoms with E-state index >= 15 is 0 Å². The summed E-state index contributed by atoms with van der Waals surface area (Å²) in [5.74, 6) is -0.309. The molecule has 0 aromatic heterocycles. The molecule has 0 aliphatic heterocycles. The number of anilines is 1. The summed E-state index contributed by atoms with van der Waals surface area (Å²) in [5, 5.41) is 3.46. The maximum atomic E-state index is 12.9.